The molecular weight excluding hydrogens is 323 g/mol. The van der Waals surface area contributed by atoms with Crippen molar-refractivity contribution in [3.63, 3.8) is 0 Å². The minimum Gasteiger partial charge on any atom is -0.495 e. The Morgan fingerprint density at radius 2 is 1.91 bits per heavy atom. The first-order valence-corrected chi connectivity index (χ1v) is 7.42. The van der Waals surface area contributed by atoms with E-state index in [2.05, 4.69) is 10.6 Å². The fourth-order valence-corrected chi connectivity index (χ4v) is 2.61. The van der Waals surface area contributed by atoms with Crippen LogP contribution in [0.25, 0.3) is 0 Å². The van der Waals surface area contributed by atoms with Gasteiger partial charge in [-0.25, -0.2) is 4.79 Å². The average Bonchev–Trinajstić information content (AvgIpc) is 2.47. The Labute approximate surface area is 139 Å². The zero-order chi connectivity index (χ0) is 16.1. The van der Waals surface area contributed by atoms with Crippen LogP contribution in [0.3, 0.4) is 0 Å². The molecule has 22 heavy (non-hydrogen) atoms. The molecule has 0 saturated heterocycles. The van der Waals surface area contributed by atoms with Gasteiger partial charge in [0.15, 0.2) is 0 Å². The van der Waals surface area contributed by atoms with Crippen LogP contribution in [0, 0.1) is 0 Å². The summed E-state index contributed by atoms with van der Waals surface area (Å²) in [5.41, 5.74) is 1.39. The maximum Gasteiger partial charge on any atom is 0.319 e. The molecule has 1 unspecified atom stereocenters. The molecule has 0 heterocycles. The highest BCUT2D eigenvalue weighted by Crippen LogP contribution is 2.27. The predicted octanol–water partition coefficient (Wildman–Crippen LogP) is 4.88. The van der Waals surface area contributed by atoms with Crippen molar-refractivity contribution in [2.75, 3.05) is 12.4 Å². The van der Waals surface area contributed by atoms with E-state index < -0.39 is 0 Å². The Hall–Kier alpha value is -1.91. The highest BCUT2D eigenvalue weighted by molar-refractivity contribution is 6.35. The fraction of sp³-hybridized carbons (Fsp3) is 0.188. The van der Waals surface area contributed by atoms with Crippen molar-refractivity contribution in [2.45, 2.75) is 13.0 Å². The smallest absolute Gasteiger partial charge is 0.319 e. The van der Waals surface area contributed by atoms with Crippen LogP contribution in [0.15, 0.2) is 42.5 Å². The number of anilines is 1. The van der Waals surface area contributed by atoms with Gasteiger partial charge in [0.25, 0.3) is 0 Å². The molecule has 4 nitrogen and oxygen atoms in total. The van der Waals surface area contributed by atoms with E-state index in [0.717, 1.165) is 5.56 Å². The second-order valence-corrected chi connectivity index (χ2v) is 5.53. The van der Waals surface area contributed by atoms with E-state index in [0.29, 0.717) is 21.5 Å². The minimum atomic E-state index is -0.344. The van der Waals surface area contributed by atoms with E-state index in [-0.39, 0.29) is 12.1 Å². The molecule has 1 atom stereocenters. The van der Waals surface area contributed by atoms with Gasteiger partial charge < -0.3 is 15.4 Å². The largest absolute Gasteiger partial charge is 0.495 e. The lowest BCUT2D eigenvalue weighted by atomic mass is 10.1. The van der Waals surface area contributed by atoms with E-state index in [1.807, 2.05) is 19.1 Å². The van der Waals surface area contributed by atoms with Gasteiger partial charge in [0.1, 0.15) is 5.75 Å². The number of carbonyl (C=O) groups is 1. The number of rotatable bonds is 4. The van der Waals surface area contributed by atoms with Gasteiger partial charge in [0.2, 0.25) is 0 Å². The van der Waals surface area contributed by atoms with Crippen LogP contribution in [-0.2, 0) is 0 Å². The van der Waals surface area contributed by atoms with Gasteiger partial charge >= 0.3 is 6.03 Å². The topological polar surface area (TPSA) is 50.4 Å². The second kappa shape index (κ2) is 7.38. The van der Waals surface area contributed by atoms with Gasteiger partial charge in [-0.2, -0.15) is 0 Å². The number of hydrogen-bond donors (Lipinski definition) is 2. The van der Waals surface area contributed by atoms with Crippen molar-refractivity contribution < 1.29 is 9.53 Å². The van der Waals surface area contributed by atoms with Gasteiger partial charge in [0.05, 0.1) is 18.8 Å². The van der Waals surface area contributed by atoms with E-state index in [4.69, 9.17) is 27.9 Å². The number of benzene rings is 2. The Morgan fingerprint density at radius 3 is 2.59 bits per heavy atom. The van der Waals surface area contributed by atoms with Crippen molar-refractivity contribution in [2.24, 2.45) is 0 Å². The lowest BCUT2D eigenvalue weighted by Crippen LogP contribution is -2.31. The summed E-state index contributed by atoms with van der Waals surface area (Å²) in [6.07, 6.45) is 0. The summed E-state index contributed by atoms with van der Waals surface area (Å²) in [6.45, 7) is 1.84. The molecule has 0 saturated carbocycles. The molecule has 2 aromatic carbocycles. The van der Waals surface area contributed by atoms with E-state index in [1.54, 1.807) is 37.4 Å². The predicted molar refractivity (Wildman–Crippen MR) is 90.0 cm³/mol. The Bertz CT molecular complexity index is 677. The molecular formula is C16H16Cl2N2O2. The van der Waals surface area contributed by atoms with Crippen LogP contribution in [0.4, 0.5) is 10.5 Å². The van der Waals surface area contributed by atoms with Crippen LogP contribution in [-0.4, -0.2) is 13.1 Å². The van der Waals surface area contributed by atoms with Crippen molar-refractivity contribution in [3.8, 4) is 5.75 Å². The van der Waals surface area contributed by atoms with Crippen LogP contribution in [0.1, 0.15) is 18.5 Å². The zero-order valence-electron chi connectivity index (χ0n) is 12.2. The van der Waals surface area contributed by atoms with Crippen LogP contribution in [0.5, 0.6) is 5.75 Å². The standard InChI is InChI=1S/C16H16Cl2N2O2/c1-10(12-8-7-11(17)9-13(12)18)19-16(21)20-14-5-3-4-6-15(14)22-2/h3-10H,1-2H3,(H2,19,20,21). The molecule has 0 bridgehead atoms. The molecule has 2 amide bonds. The van der Waals surface area contributed by atoms with Crippen molar-refractivity contribution >= 4 is 34.9 Å². The number of para-hydroxylation sites is 2. The number of hydrogen-bond acceptors (Lipinski definition) is 2. The summed E-state index contributed by atoms with van der Waals surface area (Å²) in [6, 6.07) is 11.7. The molecule has 116 valence electrons. The third-order valence-electron chi connectivity index (χ3n) is 3.13. The number of halogens is 2. The number of methoxy groups -OCH3 is 1. The minimum absolute atomic E-state index is 0.264. The van der Waals surface area contributed by atoms with Crippen LogP contribution < -0.4 is 15.4 Å². The van der Waals surface area contributed by atoms with E-state index in [9.17, 15) is 4.79 Å². The van der Waals surface area contributed by atoms with Gasteiger partial charge in [-0.1, -0.05) is 41.4 Å². The highest BCUT2D eigenvalue weighted by Gasteiger charge is 2.14. The summed E-state index contributed by atoms with van der Waals surface area (Å²) >= 11 is 12.0. The maximum atomic E-state index is 12.1. The number of ether oxygens (including phenoxy) is 1. The number of amides is 2. The summed E-state index contributed by atoms with van der Waals surface area (Å²) in [5, 5.41) is 6.64. The van der Waals surface area contributed by atoms with Crippen molar-refractivity contribution in [1.82, 2.24) is 5.32 Å². The van der Waals surface area contributed by atoms with E-state index in [1.165, 1.54) is 0 Å². The molecule has 0 radical (unpaired) electrons. The number of carbonyl (C=O) groups excluding carboxylic acids is 1. The van der Waals surface area contributed by atoms with Crippen LogP contribution >= 0.6 is 23.2 Å². The first-order chi connectivity index (χ1) is 10.5. The second-order valence-electron chi connectivity index (χ2n) is 4.69. The molecule has 0 aromatic heterocycles. The number of urea groups is 1. The third-order valence-corrected chi connectivity index (χ3v) is 3.69. The van der Waals surface area contributed by atoms with Gasteiger partial charge in [-0.15, -0.1) is 0 Å². The van der Waals surface area contributed by atoms with E-state index >= 15 is 0 Å². The van der Waals surface area contributed by atoms with Gasteiger partial charge in [-0.3, -0.25) is 0 Å². The Balaban J connectivity index is 2.05. The fourth-order valence-electron chi connectivity index (χ4n) is 2.03. The molecule has 2 aromatic rings. The van der Waals surface area contributed by atoms with Crippen molar-refractivity contribution in [1.29, 1.82) is 0 Å². The first kappa shape index (κ1) is 16.5. The molecule has 2 N–H and O–H groups in total. The number of nitrogens with one attached hydrogen (secondary N) is 2. The summed E-state index contributed by atoms with van der Waals surface area (Å²) in [5.74, 6) is 0.592. The highest BCUT2D eigenvalue weighted by atomic mass is 35.5. The molecule has 0 aliphatic rings. The van der Waals surface area contributed by atoms with Crippen LogP contribution in [0.2, 0.25) is 10.0 Å². The summed E-state index contributed by atoms with van der Waals surface area (Å²) in [4.78, 5) is 12.1. The molecule has 0 aliphatic heterocycles. The summed E-state index contributed by atoms with van der Waals surface area (Å²) in [7, 11) is 1.55. The third kappa shape index (κ3) is 4.06. The quantitative estimate of drug-likeness (QED) is 0.834. The Kier molecular flexibility index (Phi) is 5.52. The lowest BCUT2D eigenvalue weighted by molar-refractivity contribution is 0.249. The first-order valence-electron chi connectivity index (χ1n) is 6.66. The lowest BCUT2D eigenvalue weighted by Gasteiger charge is -2.17. The van der Waals surface area contributed by atoms with Crippen molar-refractivity contribution in [3.05, 3.63) is 58.1 Å². The molecule has 0 fully saturated rings. The normalized spacial score (nSPS) is 11.6. The Morgan fingerprint density at radius 1 is 1.18 bits per heavy atom. The molecule has 2 rings (SSSR count). The molecule has 0 spiro atoms. The van der Waals surface area contributed by atoms with Gasteiger partial charge in [-0.05, 0) is 36.8 Å². The zero-order valence-corrected chi connectivity index (χ0v) is 13.7. The van der Waals surface area contributed by atoms with Gasteiger partial charge in [0, 0.05) is 10.0 Å². The summed E-state index contributed by atoms with van der Waals surface area (Å²) < 4.78 is 5.19. The monoisotopic (exact) mass is 338 g/mol. The maximum absolute atomic E-state index is 12.1. The average molecular weight is 339 g/mol. The molecule has 0 aliphatic carbocycles. The SMILES string of the molecule is COc1ccccc1NC(=O)NC(C)c1ccc(Cl)cc1Cl. The molecule has 6 heteroatoms.